The van der Waals surface area contributed by atoms with Gasteiger partial charge in [-0.05, 0) is 55.8 Å². The molecule has 5 heteroatoms. The average molecular weight is 393 g/mol. The summed E-state index contributed by atoms with van der Waals surface area (Å²) in [6.45, 7) is 0. The number of nitrogens with two attached hydrogens (primary N) is 1. The van der Waals surface area contributed by atoms with Crippen molar-refractivity contribution in [2.45, 2.75) is 10.9 Å². The minimum atomic E-state index is -0.0637. The Balaban J connectivity index is 2.39. The number of thioether (sulfide) groups is 1. The van der Waals surface area contributed by atoms with Crippen LogP contribution in [0.25, 0.3) is 0 Å². The van der Waals surface area contributed by atoms with E-state index in [2.05, 4.69) is 56.3 Å². The molecule has 1 unspecified atom stereocenters. The molecule has 0 radical (unpaired) electrons. The molecule has 0 aliphatic rings. The molecular formula is C12H11Br2NS2. The van der Waals surface area contributed by atoms with E-state index >= 15 is 0 Å². The highest BCUT2D eigenvalue weighted by molar-refractivity contribution is 9.13. The van der Waals surface area contributed by atoms with Gasteiger partial charge in [-0.1, -0.05) is 18.2 Å². The Labute approximate surface area is 126 Å². The van der Waals surface area contributed by atoms with Crippen molar-refractivity contribution in [2.24, 2.45) is 5.73 Å². The molecule has 0 saturated heterocycles. The fraction of sp³-hybridized carbons (Fsp3) is 0.167. The Bertz CT molecular complexity index is 505. The number of halogens is 2. The SMILES string of the molecule is CSc1ccccc1C(N)c1cc(Br)c(Br)s1. The van der Waals surface area contributed by atoms with Crippen LogP contribution in [-0.4, -0.2) is 6.26 Å². The second kappa shape index (κ2) is 5.89. The molecule has 2 aromatic rings. The largest absolute Gasteiger partial charge is 0.320 e. The molecule has 1 heterocycles. The van der Waals surface area contributed by atoms with Gasteiger partial charge >= 0.3 is 0 Å². The molecule has 2 N–H and O–H groups in total. The Hall–Kier alpha value is 0.190. The first-order valence-electron chi connectivity index (χ1n) is 4.96. The molecule has 1 aromatic heterocycles. The summed E-state index contributed by atoms with van der Waals surface area (Å²) in [5.41, 5.74) is 7.51. The van der Waals surface area contributed by atoms with Crippen LogP contribution in [0.15, 0.2) is 43.5 Å². The summed E-state index contributed by atoms with van der Waals surface area (Å²) >= 11 is 10.4. The van der Waals surface area contributed by atoms with Crippen LogP contribution in [0.5, 0.6) is 0 Å². The van der Waals surface area contributed by atoms with Gasteiger partial charge in [-0.25, -0.2) is 0 Å². The summed E-state index contributed by atoms with van der Waals surface area (Å²) in [5.74, 6) is 0. The maximum atomic E-state index is 6.33. The molecule has 0 aliphatic heterocycles. The molecular weight excluding hydrogens is 382 g/mol. The molecule has 1 aromatic carbocycles. The van der Waals surface area contributed by atoms with Gasteiger partial charge in [-0.2, -0.15) is 0 Å². The average Bonchev–Trinajstić information content (AvgIpc) is 2.68. The lowest BCUT2D eigenvalue weighted by Crippen LogP contribution is -2.11. The second-order valence-electron chi connectivity index (χ2n) is 3.49. The summed E-state index contributed by atoms with van der Waals surface area (Å²) in [6.07, 6.45) is 2.08. The van der Waals surface area contributed by atoms with Crippen molar-refractivity contribution >= 4 is 55.0 Å². The topological polar surface area (TPSA) is 26.0 Å². The Kier molecular flexibility index (Phi) is 4.72. The zero-order chi connectivity index (χ0) is 12.4. The molecule has 1 atom stereocenters. The second-order valence-corrected chi connectivity index (χ2v) is 7.59. The quantitative estimate of drug-likeness (QED) is 0.740. The third-order valence-electron chi connectivity index (χ3n) is 2.44. The Morgan fingerprint density at radius 3 is 2.59 bits per heavy atom. The predicted octanol–water partition coefficient (Wildman–Crippen LogP) is 5.04. The van der Waals surface area contributed by atoms with Gasteiger partial charge in [0.25, 0.3) is 0 Å². The third kappa shape index (κ3) is 2.96. The Morgan fingerprint density at radius 1 is 1.29 bits per heavy atom. The van der Waals surface area contributed by atoms with E-state index < -0.39 is 0 Å². The number of rotatable bonds is 3. The highest BCUT2D eigenvalue weighted by Gasteiger charge is 2.16. The van der Waals surface area contributed by atoms with Gasteiger partial charge < -0.3 is 5.73 Å². The van der Waals surface area contributed by atoms with Gasteiger partial charge in [0.15, 0.2) is 0 Å². The van der Waals surface area contributed by atoms with E-state index in [4.69, 9.17) is 5.73 Å². The molecule has 90 valence electrons. The van der Waals surface area contributed by atoms with Crippen molar-refractivity contribution in [2.75, 3.05) is 6.26 Å². The first-order chi connectivity index (χ1) is 8.13. The summed E-state index contributed by atoms with van der Waals surface area (Å²) in [4.78, 5) is 2.39. The lowest BCUT2D eigenvalue weighted by Gasteiger charge is -2.13. The van der Waals surface area contributed by atoms with Crippen molar-refractivity contribution < 1.29 is 0 Å². The highest BCUT2D eigenvalue weighted by Crippen LogP contribution is 2.38. The smallest absolute Gasteiger partial charge is 0.0843 e. The Morgan fingerprint density at radius 2 is 2.00 bits per heavy atom. The molecule has 1 nitrogen and oxygen atoms in total. The minimum absolute atomic E-state index is 0.0637. The van der Waals surface area contributed by atoms with Crippen molar-refractivity contribution in [3.63, 3.8) is 0 Å². The standard InChI is InChI=1S/C12H11Br2NS2/c1-16-9-5-3-2-4-7(9)11(15)10-6-8(13)12(14)17-10/h2-6,11H,15H2,1H3. The van der Waals surface area contributed by atoms with Crippen molar-refractivity contribution in [1.29, 1.82) is 0 Å². The zero-order valence-electron chi connectivity index (χ0n) is 9.11. The maximum absolute atomic E-state index is 6.33. The summed E-state index contributed by atoms with van der Waals surface area (Å²) in [6, 6.07) is 10.3. The van der Waals surface area contributed by atoms with Crippen LogP contribution in [0.1, 0.15) is 16.5 Å². The monoisotopic (exact) mass is 391 g/mol. The van der Waals surface area contributed by atoms with Gasteiger partial charge in [0.2, 0.25) is 0 Å². The summed E-state index contributed by atoms with van der Waals surface area (Å²) in [5, 5.41) is 0. The number of thiophene rings is 1. The number of hydrogen-bond acceptors (Lipinski definition) is 3. The molecule has 0 fully saturated rings. The van der Waals surface area contributed by atoms with Crippen LogP contribution in [0.2, 0.25) is 0 Å². The van der Waals surface area contributed by atoms with E-state index in [-0.39, 0.29) is 6.04 Å². The van der Waals surface area contributed by atoms with Crippen LogP contribution >= 0.6 is 55.0 Å². The van der Waals surface area contributed by atoms with Crippen LogP contribution in [0, 0.1) is 0 Å². The summed E-state index contributed by atoms with van der Waals surface area (Å²) < 4.78 is 2.15. The first kappa shape index (κ1) is 13.6. The molecule has 0 spiro atoms. The molecule has 0 amide bonds. The fourth-order valence-electron chi connectivity index (χ4n) is 1.59. The third-order valence-corrected chi connectivity index (χ3v) is 6.60. The van der Waals surface area contributed by atoms with Gasteiger partial charge in [-0.15, -0.1) is 23.1 Å². The molecule has 0 bridgehead atoms. The van der Waals surface area contributed by atoms with Crippen molar-refractivity contribution in [1.82, 2.24) is 0 Å². The fourth-order valence-corrected chi connectivity index (χ4v) is 4.35. The van der Waals surface area contributed by atoms with Gasteiger partial charge in [-0.3, -0.25) is 0 Å². The van der Waals surface area contributed by atoms with Crippen molar-refractivity contribution in [3.05, 3.63) is 49.0 Å². The predicted molar refractivity (Wildman–Crippen MR) is 84.0 cm³/mol. The van der Waals surface area contributed by atoms with E-state index in [1.165, 1.54) is 10.5 Å². The molecule has 17 heavy (non-hydrogen) atoms. The van der Waals surface area contributed by atoms with E-state index in [0.717, 1.165) is 13.1 Å². The van der Waals surface area contributed by atoms with Crippen molar-refractivity contribution in [3.8, 4) is 0 Å². The minimum Gasteiger partial charge on any atom is -0.320 e. The van der Waals surface area contributed by atoms with E-state index in [0.29, 0.717) is 0 Å². The summed E-state index contributed by atoms with van der Waals surface area (Å²) in [7, 11) is 0. The molecule has 0 aliphatic carbocycles. The van der Waals surface area contributed by atoms with Crippen LogP contribution in [0.4, 0.5) is 0 Å². The van der Waals surface area contributed by atoms with Gasteiger partial charge in [0.05, 0.1) is 9.83 Å². The lowest BCUT2D eigenvalue weighted by atomic mass is 10.1. The van der Waals surface area contributed by atoms with Gasteiger partial charge in [0, 0.05) is 14.2 Å². The van der Waals surface area contributed by atoms with Crippen LogP contribution in [0.3, 0.4) is 0 Å². The van der Waals surface area contributed by atoms with Gasteiger partial charge in [0.1, 0.15) is 0 Å². The normalized spacial score (nSPS) is 12.7. The number of benzene rings is 1. The van der Waals surface area contributed by atoms with Crippen LogP contribution in [-0.2, 0) is 0 Å². The maximum Gasteiger partial charge on any atom is 0.0843 e. The lowest BCUT2D eigenvalue weighted by molar-refractivity contribution is 0.867. The highest BCUT2D eigenvalue weighted by atomic mass is 79.9. The number of hydrogen-bond donors (Lipinski definition) is 1. The van der Waals surface area contributed by atoms with E-state index in [1.807, 2.05) is 12.1 Å². The zero-order valence-corrected chi connectivity index (χ0v) is 13.9. The first-order valence-corrected chi connectivity index (χ1v) is 8.59. The van der Waals surface area contributed by atoms with Crippen LogP contribution < -0.4 is 5.73 Å². The van der Waals surface area contributed by atoms with E-state index in [1.54, 1.807) is 23.1 Å². The molecule has 0 saturated carbocycles. The van der Waals surface area contributed by atoms with E-state index in [9.17, 15) is 0 Å². The molecule has 2 rings (SSSR count).